The highest BCUT2D eigenvalue weighted by Gasteiger charge is 2.35. The Hall–Kier alpha value is -0.870. The fourth-order valence-corrected chi connectivity index (χ4v) is 2.47. The number of hydrogen-bond donors (Lipinski definition) is 2. The van der Waals surface area contributed by atoms with Crippen LogP contribution >= 0.6 is 11.3 Å². The monoisotopic (exact) mass is 224 g/mol. The smallest absolute Gasteiger partial charge is 0.227 e. The van der Waals surface area contributed by atoms with E-state index >= 15 is 0 Å². The van der Waals surface area contributed by atoms with Crippen LogP contribution in [-0.4, -0.2) is 19.0 Å². The Balaban J connectivity index is 1.87. The molecule has 0 radical (unpaired) electrons. The predicted molar refractivity (Wildman–Crippen MR) is 61.8 cm³/mol. The van der Waals surface area contributed by atoms with Crippen LogP contribution in [0.25, 0.3) is 0 Å². The van der Waals surface area contributed by atoms with E-state index in [-0.39, 0.29) is 11.3 Å². The highest BCUT2D eigenvalue weighted by Crippen LogP contribution is 2.24. The molecule has 2 N–H and O–H groups in total. The van der Waals surface area contributed by atoms with Crippen molar-refractivity contribution in [3.05, 3.63) is 22.4 Å². The van der Waals surface area contributed by atoms with E-state index in [1.54, 1.807) is 11.3 Å². The van der Waals surface area contributed by atoms with Gasteiger partial charge >= 0.3 is 0 Å². The lowest BCUT2D eigenvalue weighted by molar-refractivity contribution is -0.129. The second kappa shape index (κ2) is 4.33. The summed E-state index contributed by atoms with van der Waals surface area (Å²) in [6.45, 7) is 4.42. The van der Waals surface area contributed by atoms with Gasteiger partial charge in [-0.25, -0.2) is 0 Å². The molecule has 0 aromatic carbocycles. The normalized spacial score (nSPS) is 25.4. The topological polar surface area (TPSA) is 41.1 Å². The molecule has 4 heteroatoms. The minimum atomic E-state index is -0.212. The Kier molecular flexibility index (Phi) is 3.07. The van der Waals surface area contributed by atoms with Crippen molar-refractivity contribution in [3.63, 3.8) is 0 Å². The second-order valence-corrected chi connectivity index (χ2v) is 5.08. The van der Waals surface area contributed by atoms with E-state index < -0.39 is 0 Å². The van der Waals surface area contributed by atoms with Gasteiger partial charge in [-0.1, -0.05) is 0 Å². The first-order valence-electron chi connectivity index (χ1n) is 5.21. The highest BCUT2D eigenvalue weighted by molar-refractivity contribution is 7.07. The van der Waals surface area contributed by atoms with Crippen molar-refractivity contribution in [3.8, 4) is 0 Å². The Morgan fingerprint density at radius 2 is 2.60 bits per heavy atom. The third kappa shape index (κ3) is 2.38. The third-order valence-electron chi connectivity index (χ3n) is 2.95. The molecule has 1 fully saturated rings. The van der Waals surface area contributed by atoms with E-state index in [2.05, 4.69) is 16.0 Å². The molecular formula is C11H16N2OS. The molecule has 0 aliphatic carbocycles. The molecule has 82 valence electrons. The van der Waals surface area contributed by atoms with Gasteiger partial charge in [0.15, 0.2) is 0 Å². The van der Waals surface area contributed by atoms with E-state index in [0.717, 1.165) is 19.5 Å². The van der Waals surface area contributed by atoms with Crippen LogP contribution in [0.2, 0.25) is 0 Å². The predicted octanol–water partition coefficient (Wildman–Crippen LogP) is 1.36. The highest BCUT2D eigenvalue weighted by atomic mass is 32.1. The van der Waals surface area contributed by atoms with Crippen molar-refractivity contribution in [1.29, 1.82) is 0 Å². The van der Waals surface area contributed by atoms with Gasteiger partial charge in [-0.3, -0.25) is 4.79 Å². The molecule has 2 rings (SSSR count). The van der Waals surface area contributed by atoms with Crippen molar-refractivity contribution < 1.29 is 4.79 Å². The zero-order valence-corrected chi connectivity index (χ0v) is 9.69. The fraction of sp³-hybridized carbons (Fsp3) is 0.545. The van der Waals surface area contributed by atoms with Gasteiger partial charge in [0.05, 0.1) is 5.41 Å². The number of amides is 1. The van der Waals surface area contributed by atoms with Crippen LogP contribution in [0.1, 0.15) is 18.9 Å². The summed E-state index contributed by atoms with van der Waals surface area (Å²) >= 11 is 1.66. The Morgan fingerprint density at radius 1 is 1.73 bits per heavy atom. The summed E-state index contributed by atoms with van der Waals surface area (Å²) in [7, 11) is 0. The van der Waals surface area contributed by atoms with Crippen LogP contribution in [0.4, 0.5) is 0 Å². The van der Waals surface area contributed by atoms with Gasteiger partial charge in [0.25, 0.3) is 0 Å². The maximum Gasteiger partial charge on any atom is 0.227 e. The molecule has 1 aliphatic rings. The molecular weight excluding hydrogens is 208 g/mol. The molecule has 1 aromatic rings. The van der Waals surface area contributed by atoms with E-state index in [9.17, 15) is 4.79 Å². The van der Waals surface area contributed by atoms with Gasteiger partial charge in [-0.2, -0.15) is 11.3 Å². The molecule has 1 unspecified atom stereocenters. The molecule has 2 heterocycles. The summed E-state index contributed by atoms with van der Waals surface area (Å²) in [5, 5.41) is 10.3. The second-order valence-electron chi connectivity index (χ2n) is 4.30. The molecule has 1 atom stereocenters. The fourth-order valence-electron chi connectivity index (χ4n) is 1.80. The van der Waals surface area contributed by atoms with E-state index in [1.165, 1.54) is 5.56 Å². The molecule has 0 spiro atoms. The van der Waals surface area contributed by atoms with Gasteiger partial charge in [0.1, 0.15) is 0 Å². The largest absolute Gasteiger partial charge is 0.351 e. The number of carbonyl (C=O) groups is 1. The van der Waals surface area contributed by atoms with Gasteiger partial charge < -0.3 is 10.6 Å². The molecule has 15 heavy (non-hydrogen) atoms. The molecule has 1 aromatic heterocycles. The van der Waals surface area contributed by atoms with Crippen LogP contribution in [-0.2, 0) is 11.3 Å². The molecule has 1 aliphatic heterocycles. The van der Waals surface area contributed by atoms with Gasteiger partial charge in [-0.05, 0) is 42.3 Å². The van der Waals surface area contributed by atoms with Crippen LogP contribution < -0.4 is 10.6 Å². The van der Waals surface area contributed by atoms with Crippen LogP contribution in [0.15, 0.2) is 16.8 Å². The maximum absolute atomic E-state index is 11.9. The standard InChI is InChI=1S/C11H16N2OS/c1-11(3-4-12-8-11)10(14)13-6-9-2-5-15-7-9/h2,5,7,12H,3-4,6,8H2,1H3,(H,13,14). The molecule has 0 saturated carbocycles. The van der Waals surface area contributed by atoms with Gasteiger partial charge in [-0.15, -0.1) is 0 Å². The molecule has 0 bridgehead atoms. The lowest BCUT2D eigenvalue weighted by atomic mass is 9.89. The van der Waals surface area contributed by atoms with Gasteiger partial charge in [0, 0.05) is 13.1 Å². The van der Waals surface area contributed by atoms with Crippen molar-refractivity contribution >= 4 is 17.2 Å². The molecule has 3 nitrogen and oxygen atoms in total. The summed E-state index contributed by atoms with van der Waals surface area (Å²) in [6.07, 6.45) is 0.933. The average molecular weight is 224 g/mol. The zero-order chi connectivity index (χ0) is 10.7. The van der Waals surface area contributed by atoms with E-state index in [1.807, 2.05) is 18.4 Å². The van der Waals surface area contributed by atoms with Crippen molar-refractivity contribution in [1.82, 2.24) is 10.6 Å². The van der Waals surface area contributed by atoms with Crippen molar-refractivity contribution in [2.24, 2.45) is 5.41 Å². The first-order chi connectivity index (χ1) is 7.21. The Labute approximate surface area is 93.9 Å². The van der Waals surface area contributed by atoms with Crippen LogP contribution in [0.5, 0.6) is 0 Å². The number of rotatable bonds is 3. The van der Waals surface area contributed by atoms with Crippen molar-refractivity contribution in [2.45, 2.75) is 19.9 Å². The van der Waals surface area contributed by atoms with Crippen LogP contribution in [0.3, 0.4) is 0 Å². The number of carbonyl (C=O) groups excluding carboxylic acids is 1. The van der Waals surface area contributed by atoms with Gasteiger partial charge in [0.2, 0.25) is 5.91 Å². The van der Waals surface area contributed by atoms with E-state index in [0.29, 0.717) is 6.54 Å². The maximum atomic E-state index is 11.9. The minimum Gasteiger partial charge on any atom is -0.351 e. The summed E-state index contributed by atoms with van der Waals surface area (Å²) in [5.74, 6) is 0.165. The number of thiophene rings is 1. The summed E-state index contributed by atoms with van der Waals surface area (Å²) in [6, 6.07) is 2.04. The number of nitrogens with one attached hydrogen (secondary N) is 2. The minimum absolute atomic E-state index is 0.165. The number of hydrogen-bond acceptors (Lipinski definition) is 3. The summed E-state index contributed by atoms with van der Waals surface area (Å²) in [5.41, 5.74) is 0.971. The quantitative estimate of drug-likeness (QED) is 0.814. The molecule has 1 saturated heterocycles. The summed E-state index contributed by atoms with van der Waals surface area (Å²) < 4.78 is 0. The third-order valence-corrected chi connectivity index (χ3v) is 3.68. The van der Waals surface area contributed by atoms with Crippen molar-refractivity contribution in [2.75, 3.05) is 13.1 Å². The Bertz CT molecular complexity index is 328. The lowest BCUT2D eigenvalue weighted by Gasteiger charge is -2.21. The lowest BCUT2D eigenvalue weighted by Crippen LogP contribution is -2.39. The Morgan fingerprint density at radius 3 is 3.20 bits per heavy atom. The first-order valence-corrected chi connectivity index (χ1v) is 6.15. The molecule has 1 amide bonds. The SMILES string of the molecule is CC1(C(=O)NCc2ccsc2)CCNC1. The average Bonchev–Trinajstić information content (AvgIpc) is 2.85. The van der Waals surface area contributed by atoms with Crippen LogP contribution in [0, 0.1) is 5.41 Å². The summed E-state index contributed by atoms with van der Waals surface area (Å²) in [4.78, 5) is 11.9. The van der Waals surface area contributed by atoms with E-state index in [4.69, 9.17) is 0 Å². The zero-order valence-electron chi connectivity index (χ0n) is 8.88. The first kappa shape index (κ1) is 10.6.